The maximum absolute atomic E-state index is 13.8. The molecule has 0 radical (unpaired) electrons. The van der Waals surface area contributed by atoms with Crippen LogP contribution in [0.2, 0.25) is 0 Å². The van der Waals surface area contributed by atoms with Crippen molar-refractivity contribution in [3.63, 3.8) is 0 Å². The van der Waals surface area contributed by atoms with Crippen LogP contribution in [-0.2, 0) is 14.3 Å². The molecule has 1 heterocycles. The van der Waals surface area contributed by atoms with E-state index in [2.05, 4.69) is 5.32 Å². The first-order valence-corrected chi connectivity index (χ1v) is 12.6. The van der Waals surface area contributed by atoms with Gasteiger partial charge in [0.05, 0.1) is 38.9 Å². The van der Waals surface area contributed by atoms with E-state index in [1.807, 2.05) is 57.2 Å². The number of esters is 1. The Bertz CT molecular complexity index is 1240. The summed E-state index contributed by atoms with van der Waals surface area (Å²) in [6.07, 6.45) is 1.43. The van der Waals surface area contributed by atoms with Crippen LogP contribution in [0.15, 0.2) is 65.0 Å². The average molecular weight is 506 g/mol. The van der Waals surface area contributed by atoms with Crippen molar-refractivity contribution in [1.29, 1.82) is 0 Å². The first-order chi connectivity index (χ1) is 17.8. The van der Waals surface area contributed by atoms with Gasteiger partial charge in [0.1, 0.15) is 17.2 Å². The highest BCUT2D eigenvalue weighted by Gasteiger charge is 2.42. The zero-order chi connectivity index (χ0) is 26.7. The standard InChI is InChI=1S/C30H35NO6/c1-7-17(2)37-30(33)27-18(3)31-24-14-20(19-8-10-21(34-4)11-9-19)15-25(32)29(24)28(27)23-13-12-22(35-5)16-26(23)36-6/h8-13,16-17,20,28,31H,7,14-15H2,1-6H3/t17-,20-,28+/m0/s1. The number of hydrogen-bond donors (Lipinski definition) is 1. The van der Waals surface area contributed by atoms with Crippen molar-refractivity contribution in [1.82, 2.24) is 5.32 Å². The molecule has 4 rings (SSSR count). The lowest BCUT2D eigenvalue weighted by Gasteiger charge is -2.37. The second-order valence-corrected chi connectivity index (χ2v) is 9.52. The zero-order valence-electron chi connectivity index (χ0n) is 22.3. The number of allylic oxidation sites excluding steroid dienone is 3. The van der Waals surface area contributed by atoms with Crippen LogP contribution in [-0.4, -0.2) is 39.2 Å². The van der Waals surface area contributed by atoms with E-state index in [1.165, 1.54) is 0 Å². The van der Waals surface area contributed by atoms with Gasteiger partial charge in [-0.2, -0.15) is 0 Å². The summed E-state index contributed by atoms with van der Waals surface area (Å²) in [6.45, 7) is 5.69. The molecule has 0 fully saturated rings. The highest BCUT2D eigenvalue weighted by Crippen LogP contribution is 2.48. The molecule has 2 aromatic rings. The van der Waals surface area contributed by atoms with Gasteiger partial charge >= 0.3 is 5.97 Å². The van der Waals surface area contributed by atoms with Gasteiger partial charge in [-0.25, -0.2) is 4.79 Å². The number of ketones is 1. The molecule has 0 bridgehead atoms. The molecular weight excluding hydrogens is 470 g/mol. The second kappa shape index (κ2) is 11.1. The average Bonchev–Trinajstić information content (AvgIpc) is 2.91. The molecule has 0 spiro atoms. The number of Topliss-reactive ketones (excluding diaryl/α,β-unsaturated/α-hetero) is 1. The number of carbonyl (C=O) groups is 2. The summed E-state index contributed by atoms with van der Waals surface area (Å²) < 4.78 is 22.1. The van der Waals surface area contributed by atoms with E-state index in [1.54, 1.807) is 27.4 Å². The van der Waals surface area contributed by atoms with Gasteiger partial charge in [0.2, 0.25) is 0 Å². The molecule has 0 unspecified atom stereocenters. The molecule has 3 atom stereocenters. The molecule has 37 heavy (non-hydrogen) atoms. The number of nitrogens with one attached hydrogen (secondary N) is 1. The van der Waals surface area contributed by atoms with E-state index in [-0.39, 0.29) is 17.8 Å². The second-order valence-electron chi connectivity index (χ2n) is 9.52. The highest BCUT2D eigenvalue weighted by atomic mass is 16.5. The highest BCUT2D eigenvalue weighted by molar-refractivity contribution is 6.04. The third-order valence-electron chi connectivity index (χ3n) is 7.27. The fourth-order valence-electron chi connectivity index (χ4n) is 5.12. The van der Waals surface area contributed by atoms with Crippen molar-refractivity contribution in [3.05, 3.63) is 76.1 Å². The number of rotatable bonds is 8. The Morgan fingerprint density at radius 2 is 1.68 bits per heavy atom. The number of ether oxygens (including phenoxy) is 4. The Labute approximate surface area is 218 Å². The van der Waals surface area contributed by atoms with Crippen LogP contribution >= 0.6 is 0 Å². The van der Waals surface area contributed by atoms with Crippen LogP contribution in [0, 0.1) is 0 Å². The molecule has 1 N–H and O–H groups in total. The molecule has 0 saturated heterocycles. The van der Waals surface area contributed by atoms with E-state index in [4.69, 9.17) is 18.9 Å². The molecule has 0 amide bonds. The molecule has 7 heteroatoms. The molecule has 2 aromatic carbocycles. The Balaban J connectivity index is 1.81. The van der Waals surface area contributed by atoms with Crippen molar-refractivity contribution >= 4 is 11.8 Å². The number of carbonyl (C=O) groups excluding carboxylic acids is 2. The zero-order valence-corrected chi connectivity index (χ0v) is 22.3. The fraction of sp³-hybridized carbons (Fsp3) is 0.400. The third kappa shape index (κ3) is 5.22. The molecule has 0 aromatic heterocycles. The van der Waals surface area contributed by atoms with Gasteiger partial charge in [0.25, 0.3) is 0 Å². The molecular formula is C30H35NO6. The van der Waals surface area contributed by atoms with Gasteiger partial charge in [0, 0.05) is 35.0 Å². The van der Waals surface area contributed by atoms with Crippen LogP contribution in [0.3, 0.4) is 0 Å². The summed E-state index contributed by atoms with van der Waals surface area (Å²) in [5.74, 6) is 0.920. The Hall–Kier alpha value is -3.74. The van der Waals surface area contributed by atoms with Crippen molar-refractivity contribution in [2.75, 3.05) is 21.3 Å². The summed E-state index contributed by atoms with van der Waals surface area (Å²) in [4.78, 5) is 27.3. The molecule has 2 aliphatic rings. The number of dihydropyridines is 1. The lowest BCUT2D eigenvalue weighted by Crippen LogP contribution is -2.36. The Kier molecular flexibility index (Phi) is 7.91. The van der Waals surface area contributed by atoms with Gasteiger partial charge in [-0.1, -0.05) is 25.1 Å². The fourth-order valence-corrected chi connectivity index (χ4v) is 5.12. The maximum atomic E-state index is 13.8. The SMILES string of the molecule is CC[C@H](C)OC(=O)C1=C(C)NC2=C(C(=O)C[C@@H](c3ccc(OC)cc3)C2)[C@@H]1c1ccc(OC)cc1OC. The van der Waals surface area contributed by atoms with Crippen molar-refractivity contribution in [2.45, 2.75) is 58.0 Å². The predicted octanol–water partition coefficient (Wildman–Crippen LogP) is 5.42. The van der Waals surface area contributed by atoms with E-state index in [9.17, 15) is 9.59 Å². The lowest BCUT2D eigenvalue weighted by atomic mass is 9.71. The van der Waals surface area contributed by atoms with Crippen LogP contribution in [0.1, 0.15) is 63.0 Å². The quantitative estimate of drug-likeness (QED) is 0.480. The van der Waals surface area contributed by atoms with Crippen molar-refractivity contribution in [2.24, 2.45) is 0 Å². The van der Waals surface area contributed by atoms with Crippen LogP contribution in [0.25, 0.3) is 0 Å². The maximum Gasteiger partial charge on any atom is 0.337 e. The minimum Gasteiger partial charge on any atom is -0.497 e. The van der Waals surface area contributed by atoms with Gasteiger partial charge < -0.3 is 24.3 Å². The molecule has 1 aliphatic heterocycles. The number of methoxy groups -OCH3 is 3. The van der Waals surface area contributed by atoms with Crippen LogP contribution in [0.4, 0.5) is 0 Å². The van der Waals surface area contributed by atoms with E-state index in [0.29, 0.717) is 47.6 Å². The van der Waals surface area contributed by atoms with Crippen LogP contribution in [0.5, 0.6) is 17.2 Å². The molecule has 196 valence electrons. The molecule has 0 saturated carbocycles. The number of hydrogen-bond acceptors (Lipinski definition) is 7. The Morgan fingerprint density at radius 1 is 1.00 bits per heavy atom. The minimum atomic E-state index is -0.613. The van der Waals surface area contributed by atoms with E-state index in [0.717, 1.165) is 22.6 Å². The van der Waals surface area contributed by atoms with Gasteiger partial charge in [-0.15, -0.1) is 0 Å². The lowest BCUT2D eigenvalue weighted by molar-refractivity contribution is -0.144. The van der Waals surface area contributed by atoms with Gasteiger partial charge in [-0.3, -0.25) is 4.79 Å². The Morgan fingerprint density at radius 3 is 2.30 bits per heavy atom. The normalized spacial score (nSPS) is 20.1. The van der Waals surface area contributed by atoms with E-state index >= 15 is 0 Å². The van der Waals surface area contributed by atoms with Crippen molar-refractivity contribution < 1.29 is 28.5 Å². The monoisotopic (exact) mass is 505 g/mol. The van der Waals surface area contributed by atoms with Gasteiger partial charge in [-0.05, 0) is 56.4 Å². The summed E-state index contributed by atoms with van der Waals surface area (Å²) in [5.41, 5.74) is 4.33. The summed E-state index contributed by atoms with van der Waals surface area (Å²) in [5, 5.41) is 3.40. The summed E-state index contributed by atoms with van der Waals surface area (Å²) in [7, 11) is 4.79. The van der Waals surface area contributed by atoms with Gasteiger partial charge in [0.15, 0.2) is 5.78 Å². The smallest absolute Gasteiger partial charge is 0.337 e. The predicted molar refractivity (Wildman–Crippen MR) is 141 cm³/mol. The third-order valence-corrected chi connectivity index (χ3v) is 7.27. The first-order valence-electron chi connectivity index (χ1n) is 12.6. The topological polar surface area (TPSA) is 83.1 Å². The molecule has 7 nitrogen and oxygen atoms in total. The first kappa shape index (κ1) is 26.3. The summed E-state index contributed by atoms with van der Waals surface area (Å²) >= 11 is 0. The van der Waals surface area contributed by atoms with E-state index < -0.39 is 11.9 Å². The van der Waals surface area contributed by atoms with Crippen LogP contribution < -0.4 is 19.5 Å². The minimum absolute atomic E-state index is 0.00113. The molecule has 1 aliphatic carbocycles. The number of benzene rings is 2. The summed E-state index contributed by atoms with van der Waals surface area (Å²) in [6, 6.07) is 13.3. The van der Waals surface area contributed by atoms with Crippen molar-refractivity contribution in [3.8, 4) is 17.2 Å². The largest absolute Gasteiger partial charge is 0.497 e.